The predicted molar refractivity (Wildman–Crippen MR) is 130 cm³/mol. The first-order valence-electron chi connectivity index (χ1n) is 11.8. The number of imide groups is 1. The molecule has 1 fully saturated rings. The molecule has 2 aliphatic heterocycles. The second kappa shape index (κ2) is 10.4. The van der Waals surface area contributed by atoms with Crippen LogP contribution in [0.15, 0.2) is 65.2 Å². The van der Waals surface area contributed by atoms with Crippen molar-refractivity contribution in [2.24, 2.45) is 0 Å². The maximum Gasteiger partial charge on any atom is 0.331 e. The van der Waals surface area contributed by atoms with Crippen molar-refractivity contribution >= 4 is 39.3 Å². The van der Waals surface area contributed by atoms with Crippen LogP contribution >= 0.6 is 0 Å². The van der Waals surface area contributed by atoms with E-state index in [4.69, 9.17) is 4.74 Å². The summed E-state index contributed by atoms with van der Waals surface area (Å²) in [5, 5.41) is 0. The van der Waals surface area contributed by atoms with Gasteiger partial charge in [0.2, 0.25) is 17.6 Å². The van der Waals surface area contributed by atoms with Crippen LogP contribution in [0.4, 0.5) is 0 Å². The van der Waals surface area contributed by atoms with Gasteiger partial charge in [0, 0.05) is 30.5 Å². The van der Waals surface area contributed by atoms with Crippen LogP contribution in [0, 0.1) is 0 Å². The van der Waals surface area contributed by atoms with Gasteiger partial charge in [-0.05, 0) is 18.6 Å². The summed E-state index contributed by atoms with van der Waals surface area (Å²) < 4.78 is 33.9. The summed E-state index contributed by atoms with van der Waals surface area (Å²) in [4.78, 5) is 51.3. The molecule has 0 bridgehead atoms. The van der Waals surface area contributed by atoms with Gasteiger partial charge in [0.05, 0.1) is 4.90 Å². The van der Waals surface area contributed by atoms with Crippen LogP contribution in [0.3, 0.4) is 0 Å². The van der Waals surface area contributed by atoms with Gasteiger partial charge in [-0.15, -0.1) is 0 Å². The van der Waals surface area contributed by atoms with Gasteiger partial charge in [-0.2, -0.15) is 0 Å². The highest BCUT2D eigenvalue weighted by atomic mass is 32.2. The Balaban J connectivity index is 1.84. The van der Waals surface area contributed by atoms with Crippen LogP contribution < -0.4 is 0 Å². The van der Waals surface area contributed by atoms with Gasteiger partial charge >= 0.3 is 5.97 Å². The number of hydrogen-bond acceptors (Lipinski definition) is 7. The van der Waals surface area contributed by atoms with E-state index in [0.29, 0.717) is 6.42 Å². The largest absolute Gasteiger partial charge is 0.422 e. The SMILES string of the molecule is CCCCCN1C(C(=O)c2ccccc2)=C(OC(=O)CN2C(=O)CCC2=O)c2ccccc2S1(=O)=O. The molecular weight excluding hydrogens is 484 g/mol. The summed E-state index contributed by atoms with van der Waals surface area (Å²) in [5.74, 6) is -2.76. The molecule has 0 radical (unpaired) electrons. The second-order valence-electron chi connectivity index (χ2n) is 8.50. The van der Waals surface area contributed by atoms with Crippen LogP contribution in [-0.4, -0.2) is 54.3 Å². The van der Waals surface area contributed by atoms with E-state index in [9.17, 15) is 27.6 Å². The van der Waals surface area contributed by atoms with Crippen molar-refractivity contribution in [1.82, 2.24) is 9.21 Å². The zero-order valence-corrected chi connectivity index (χ0v) is 20.6. The zero-order valence-electron chi connectivity index (χ0n) is 19.8. The molecule has 0 atom stereocenters. The number of carbonyl (C=O) groups is 4. The lowest BCUT2D eigenvalue weighted by molar-refractivity contribution is -0.148. The first-order chi connectivity index (χ1) is 17.3. The second-order valence-corrected chi connectivity index (χ2v) is 10.3. The summed E-state index contributed by atoms with van der Waals surface area (Å²) in [6.07, 6.45) is 2.07. The number of esters is 1. The minimum atomic E-state index is -4.13. The number of rotatable bonds is 9. The van der Waals surface area contributed by atoms with Crippen molar-refractivity contribution in [3.8, 4) is 0 Å². The van der Waals surface area contributed by atoms with Gasteiger partial charge in [-0.25, -0.2) is 13.2 Å². The lowest BCUT2D eigenvalue weighted by Gasteiger charge is -2.33. The van der Waals surface area contributed by atoms with E-state index >= 15 is 0 Å². The third-order valence-electron chi connectivity index (χ3n) is 6.04. The van der Waals surface area contributed by atoms with Crippen molar-refractivity contribution in [3.63, 3.8) is 0 Å². The van der Waals surface area contributed by atoms with Crippen LogP contribution in [0.2, 0.25) is 0 Å². The Kier molecular flexibility index (Phi) is 7.35. The van der Waals surface area contributed by atoms with Gasteiger partial charge in [0.15, 0.2) is 5.76 Å². The predicted octanol–water partition coefficient (Wildman–Crippen LogP) is 3.12. The molecule has 9 nitrogen and oxygen atoms in total. The molecule has 2 heterocycles. The van der Waals surface area contributed by atoms with E-state index in [1.165, 1.54) is 12.1 Å². The van der Waals surface area contributed by atoms with Gasteiger partial charge in [0.1, 0.15) is 12.2 Å². The van der Waals surface area contributed by atoms with Gasteiger partial charge < -0.3 is 4.74 Å². The third kappa shape index (κ3) is 4.81. The number of sulfonamides is 1. The van der Waals surface area contributed by atoms with Crippen molar-refractivity contribution in [1.29, 1.82) is 0 Å². The van der Waals surface area contributed by atoms with E-state index in [0.717, 1.165) is 22.0 Å². The molecule has 0 saturated carbocycles. The Bertz CT molecular complexity index is 1330. The normalized spacial score (nSPS) is 16.8. The van der Waals surface area contributed by atoms with Gasteiger partial charge in [0.25, 0.3) is 10.0 Å². The Morgan fingerprint density at radius 2 is 1.56 bits per heavy atom. The number of likely N-dealkylation sites (tertiary alicyclic amines) is 1. The summed E-state index contributed by atoms with van der Waals surface area (Å²) in [5.41, 5.74) is 0.0143. The molecule has 4 rings (SSSR count). The molecule has 0 aromatic heterocycles. The minimum absolute atomic E-state index is 0.0127. The zero-order chi connectivity index (χ0) is 25.9. The van der Waals surface area contributed by atoms with Crippen LogP contribution in [0.5, 0.6) is 0 Å². The molecule has 2 aliphatic rings. The number of nitrogens with zero attached hydrogens (tertiary/aromatic N) is 2. The molecule has 2 amide bonds. The number of benzene rings is 2. The van der Waals surface area contributed by atoms with Crippen molar-refractivity contribution < 1.29 is 32.3 Å². The number of unbranched alkanes of at least 4 members (excludes halogenated alkanes) is 2. The number of allylic oxidation sites excluding steroid dienone is 1. The molecule has 36 heavy (non-hydrogen) atoms. The molecule has 0 spiro atoms. The monoisotopic (exact) mass is 510 g/mol. The lowest BCUT2D eigenvalue weighted by Crippen LogP contribution is -2.40. The molecular formula is C26H26N2O7S. The minimum Gasteiger partial charge on any atom is -0.422 e. The third-order valence-corrected chi connectivity index (χ3v) is 7.90. The van der Waals surface area contributed by atoms with Crippen molar-refractivity contribution in [2.75, 3.05) is 13.1 Å². The number of amides is 2. The van der Waals surface area contributed by atoms with Crippen molar-refractivity contribution in [2.45, 2.75) is 43.9 Å². The fourth-order valence-corrected chi connectivity index (χ4v) is 5.92. The smallest absolute Gasteiger partial charge is 0.331 e. The fourth-order valence-electron chi connectivity index (χ4n) is 4.22. The molecule has 0 aliphatic carbocycles. The molecule has 0 unspecified atom stereocenters. The van der Waals surface area contributed by atoms with E-state index in [2.05, 4.69) is 0 Å². The van der Waals surface area contributed by atoms with Crippen LogP contribution in [0.1, 0.15) is 54.9 Å². The first-order valence-corrected chi connectivity index (χ1v) is 13.2. The number of ether oxygens (including phenoxy) is 1. The Morgan fingerprint density at radius 1 is 0.917 bits per heavy atom. The Labute approximate surface area is 209 Å². The number of ketones is 1. The lowest BCUT2D eigenvalue weighted by atomic mass is 10.0. The molecule has 10 heteroatoms. The highest BCUT2D eigenvalue weighted by molar-refractivity contribution is 7.89. The molecule has 188 valence electrons. The molecule has 0 N–H and O–H groups in total. The average Bonchev–Trinajstić information content (AvgIpc) is 3.19. The quantitative estimate of drug-likeness (QED) is 0.220. The van der Waals surface area contributed by atoms with Crippen LogP contribution in [-0.2, 0) is 29.1 Å². The summed E-state index contributed by atoms with van der Waals surface area (Å²) in [6, 6.07) is 14.1. The number of fused-ring (bicyclic) bond motifs is 1. The summed E-state index contributed by atoms with van der Waals surface area (Å²) in [7, 11) is -4.13. The highest BCUT2D eigenvalue weighted by Crippen LogP contribution is 2.39. The molecule has 1 saturated heterocycles. The van der Waals surface area contributed by atoms with Crippen LogP contribution in [0.25, 0.3) is 5.76 Å². The molecule has 2 aromatic carbocycles. The fraction of sp³-hybridized carbons (Fsp3) is 0.308. The van der Waals surface area contributed by atoms with Gasteiger partial charge in [-0.1, -0.05) is 62.2 Å². The Hall–Kier alpha value is -3.79. The standard InChI is InChI=1S/C26H26N2O7S/c1-2-3-9-16-28-24(25(32)18-10-5-4-6-11-18)26(19-12-7-8-13-20(19)36(28,33)34)35-23(31)17-27-21(29)14-15-22(27)30/h4-8,10-13H,2-3,9,14-17H2,1H3. The van der Waals surface area contributed by atoms with E-state index in [1.807, 2.05) is 6.92 Å². The van der Waals surface area contributed by atoms with E-state index in [1.54, 1.807) is 42.5 Å². The van der Waals surface area contributed by atoms with Gasteiger partial charge in [-0.3, -0.25) is 23.6 Å². The maximum absolute atomic E-state index is 13.7. The Morgan fingerprint density at radius 3 is 2.22 bits per heavy atom. The van der Waals surface area contributed by atoms with E-state index in [-0.39, 0.29) is 46.9 Å². The van der Waals surface area contributed by atoms with E-state index < -0.39 is 40.1 Å². The first kappa shape index (κ1) is 25.3. The maximum atomic E-state index is 13.7. The topological polar surface area (TPSA) is 118 Å². The highest BCUT2D eigenvalue weighted by Gasteiger charge is 2.42. The summed E-state index contributed by atoms with van der Waals surface area (Å²) >= 11 is 0. The number of carbonyl (C=O) groups excluding carboxylic acids is 4. The summed E-state index contributed by atoms with van der Waals surface area (Å²) in [6.45, 7) is 1.36. The average molecular weight is 511 g/mol. The molecule has 2 aromatic rings. The van der Waals surface area contributed by atoms with Crippen molar-refractivity contribution in [3.05, 3.63) is 71.4 Å². The number of hydrogen-bond donors (Lipinski definition) is 0. The number of Topliss-reactive ketones (excluding diaryl/α,β-unsaturated/α-hetero) is 1.